The SMILES string of the molecule is CC(C)OC(=O)Oc1ccc(C[C@H](N)C(=O)O[C@H](C)[C@@H](C)OC(=O)c2ccccc2)cc1OC(=O)OC(C)C. The first-order valence-electron chi connectivity index (χ1n) is 12.5. The van der Waals surface area contributed by atoms with E-state index >= 15 is 0 Å². The maximum atomic E-state index is 12.6. The average Bonchev–Trinajstić information content (AvgIpc) is 2.84. The van der Waals surface area contributed by atoms with Gasteiger partial charge in [-0.1, -0.05) is 24.3 Å². The molecule has 2 aromatic carbocycles. The summed E-state index contributed by atoms with van der Waals surface area (Å²) in [5.41, 5.74) is 6.91. The Bertz CT molecular complexity index is 1130. The highest BCUT2D eigenvalue weighted by Gasteiger charge is 2.25. The smallest absolute Gasteiger partial charge is 0.458 e. The molecule has 0 heterocycles. The summed E-state index contributed by atoms with van der Waals surface area (Å²) in [6, 6.07) is 11.6. The van der Waals surface area contributed by atoms with Crippen molar-refractivity contribution >= 4 is 24.2 Å². The Morgan fingerprint density at radius 3 is 1.79 bits per heavy atom. The summed E-state index contributed by atoms with van der Waals surface area (Å²) in [5, 5.41) is 0. The number of carbonyl (C=O) groups is 4. The lowest BCUT2D eigenvalue weighted by Gasteiger charge is -2.22. The summed E-state index contributed by atoms with van der Waals surface area (Å²) in [4.78, 5) is 49.0. The summed E-state index contributed by atoms with van der Waals surface area (Å²) in [5.74, 6) is -1.50. The van der Waals surface area contributed by atoms with E-state index < -0.39 is 54.7 Å². The second-order valence-electron chi connectivity index (χ2n) is 9.25. The van der Waals surface area contributed by atoms with Crippen LogP contribution in [0.3, 0.4) is 0 Å². The van der Waals surface area contributed by atoms with Crippen LogP contribution in [0.2, 0.25) is 0 Å². The minimum atomic E-state index is -1.10. The lowest BCUT2D eigenvalue weighted by atomic mass is 10.1. The van der Waals surface area contributed by atoms with Gasteiger partial charge in [0, 0.05) is 0 Å². The second-order valence-corrected chi connectivity index (χ2v) is 9.25. The van der Waals surface area contributed by atoms with E-state index in [-0.39, 0.29) is 17.9 Å². The number of rotatable bonds is 11. The fourth-order valence-electron chi connectivity index (χ4n) is 3.07. The molecule has 0 fully saturated rings. The van der Waals surface area contributed by atoms with E-state index in [1.165, 1.54) is 12.1 Å². The van der Waals surface area contributed by atoms with Crippen LogP contribution in [-0.2, 0) is 30.2 Å². The quantitative estimate of drug-likeness (QED) is 0.240. The lowest BCUT2D eigenvalue weighted by molar-refractivity contribution is -0.154. The number of carbonyl (C=O) groups excluding carboxylic acids is 4. The molecule has 0 unspecified atom stereocenters. The molecule has 0 spiro atoms. The zero-order chi connectivity index (χ0) is 29.1. The standard InChI is InChI=1S/C28H35NO10/c1-16(2)34-27(32)38-23-13-12-20(15-24(23)39-28(33)35-17(3)4)14-22(29)26(31)37-19(6)18(5)36-25(30)21-10-8-7-9-11-21/h7-13,15-19,22H,14,29H2,1-6H3/t18-,19-,22+/m1/s1. The Morgan fingerprint density at radius 1 is 0.692 bits per heavy atom. The van der Waals surface area contributed by atoms with Gasteiger partial charge >= 0.3 is 24.2 Å². The van der Waals surface area contributed by atoms with Crippen molar-refractivity contribution < 1.29 is 47.6 Å². The minimum Gasteiger partial charge on any atom is -0.458 e. The molecule has 11 heteroatoms. The van der Waals surface area contributed by atoms with Crippen LogP contribution < -0.4 is 15.2 Å². The van der Waals surface area contributed by atoms with Crippen LogP contribution in [0.4, 0.5) is 9.59 Å². The number of nitrogens with two attached hydrogens (primary N) is 1. The molecule has 3 atom stereocenters. The predicted octanol–water partition coefficient (Wildman–Crippen LogP) is 4.58. The number of hydrogen-bond acceptors (Lipinski definition) is 11. The third-order valence-corrected chi connectivity index (χ3v) is 5.08. The molecular weight excluding hydrogens is 510 g/mol. The zero-order valence-corrected chi connectivity index (χ0v) is 22.9. The fourth-order valence-corrected chi connectivity index (χ4v) is 3.07. The van der Waals surface area contributed by atoms with Crippen LogP contribution in [0.5, 0.6) is 11.5 Å². The van der Waals surface area contributed by atoms with Crippen molar-refractivity contribution in [1.82, 2.24) is 0 Å². The van der Waals surface area contributed by atoms with Crippen molar-refractivity contribution in [3.8, 4) is 11.5 Å². The van der Waals surface area contributed by atoms with E-state index in [2.05, 4.69) is 0 Å². The summed E-state index contributed by atoms with van der Waals surface area (Å²) in [6.07, 6.45) is -4.39. The Hall–Kier alpha value is -4.12. The second kappa shape index (κ2) is 14.7. The normalized spacial score (nSPS) is 13.2. The van der Waals surface area contributed by atoms with E-state index in [1.54, 1.807) is 77.9 Å². The van der Waals surface area contributed by atoms with Crippen molar-refractivity contribution in [3.05, 3.63) is 59.7 Å². The number of esters is 2. The number of hydrogen-bond donors (Lipinski definition) is 1. The molecular formula is C28H35NO10. The molecule has 0 aliphatic rings. The molecule has 0 aliphatic heterocycles. The van der Waals surface area contributed by atoms with Gasteiger partial charge in [-0.05, 0) is 77.8 Å². The zero-order valence-electron chi connectivity index (χ0n) is 22.9. The van der Waals surface area contributed by atoms with Crippen molar-refractivity contribution in [2.45, 2.75) is 78.4 Å². The van der Waals surface area contributed by atoms with Gasteiger partial charge in [-0.15, -0.1) is 0 Å². The highest BCUT2D eigenvalue weighted by Crippen LogP contribution is 2.30. The Labute approximate surface area is 227 Å². The molecule has 0 radical (unpaired) electrons. The highest BCUT2D eigenvalue weighted by atomic mass is 16.7. The van der Waals surface area contributed by atoms with E-state index in [9.17, 15) is 19.2 Å². The maximum Gasteiger partial charge on any atom is 0.514 e. The van der Waals surface area contributed by atoms with E-state index in [0.717, 1.165) is 0 Å². The molecule has 2 aromatic rings. The molecule has 0 bridgehead atoms. The highest BCUT2D eigenvalue weighted by molar-refractivity contribution is 5.89. The number of benzene rings is 2. The number of ether oxygens (including phenoxy) is 6. The minimum absolute atomic E-state index is 0.00392. The third kappa shape index (κ3) is 10.6. The van der Waals surface area contributed by atoms with Crippen molar-refractivity contribution in [2.75, 3.05) is 0 Å². The summed E-state index contributed by atoms with van der Waals surface area (Å²) >= 11 is 0. The molecule has 11 nitrogen and oxygen atoms in total. The Kier molecular flexibility index (Phi) is 11.7. The lowest BCUT2D eigenvalue weighted by Crippen LogP contribution is -2.39. The first-order valence-corrected chi connectivity index (χ1v) is 12.5. The van der Waals surface area contributed by atoms with Crippen LogP contribution in [0.25, 0.3) is 0 Å². The van der Waals surface area contributed by atoms with Gasteiger partial charge in [0.2, 0.25) is 0 Å². The van der Waals surface area contributed by atoms with E-state index in [1.807, 2.05) is 0 Å². The molecule has 0 saturated carbocycles. The van der Waals surface area contributed by atoms with E-state index in [4.69, 9.17) is 34.2 Å². The maximum absolute atomic E-state index is 12.6. The Balaban J connectivity index is 2.06. The third-order valence-electron chi connectivity index (χ3n) is 5.08. The largest absolute Gasteiger partial charge is 0.514 e. The Morgan fingerprint density at radius 2 is 1.23 bits per heavy atom. The predicted molar refractivity (Wildman–Crippen MR) is 139 cm³/mol. The molecule has 0 amide bonds. The van der Waals surface area contributed by atoms with Crippen molar-refractivity contribution in [3.63, 3.8) is 0 Å². The van der Waals surface area contributed by atoms with Gasteiger partial charge in [0.15, 0.2) is 11.5 Å². The van der Waals surface area contributed by atoms with Gasteiger partial charge in [0.05, 0.1) is 17.8 Å². The molecule has 39 heavy (non-hydrogen) atoms. The average molecular weight is 546 g/mol. The monoisotopic (exact) mass is 545 g/mol. The van der Waals surface area contributed by atoms with Gasteiger partial charge in [-0.25, -0.2) is 14.4 Å². The molecule has 2 N–H and O–H groups in total. The van der Waals surface area contributed by atoms with Gasteiger partial charge in [-0.3, -0.25) is 4.79 Å². The first-order chi connectivity index (χ1) is 18.3. The van der Waals surface area contributed by atoms with Gasteiger partial charge in [-0.2, -0.15) is 0 Å². The summed E-state index contributed by atoms with van der Waals surface area (Å²) in [7, 11) is 0. The van der Waals surface area contributed by atoms with Crippen LogP contribution in [0, 0.1) is 0 Å². The molecule has 212 valence electrons. The molecule has 2 rings (SSSR count). The molecule has 0 aromatic heterocycles. The van der Waals surface area contributed by atoms with Gasteiger partial charge < -0.3 is 34.2 Å². The summed E-state index contributed by atoms with van der Waals surface area (Å²) < 4.78 is 31.1. The van der Waals surface area contributed by atoms with Crippen LogP contribution >= 0.6 is 0 Å². The van der Waals surface area contributed by atoms with Crippen LogP contribution in [0.1, 0.15) is 57.5 Å². The van der Waals surface area contributed by atoms with Crippen molar-refractivity contribution in [2.24, 2.45) is 5.73 Å². The topological polar surface area (TPSA) is 150 Å². The first kappa shape index (κ1) is 31.1. The summed E-state index contributed by atoms with van der Waals surface area (Å²) in [6.45, 7) is 9.78. The molecule has 0 aliphatic carbocycles. The van der Waals surface area contributed by atoms with Crippen molar-refractivity contribution in [1.29, 1.82) is 0 Å². The van der Waals surface area contributed by atoms with Gasteiger partial charge in [0.1, 0.15) is 18.2 Å². The fraction of sp³-hybridized carbons (Fsp3) is 0.429. The van der Waals surface area contributed by atoms with Crippen LogP contribution in [-0.4, -0.2) is 54.7 Å². The molecule has 0 saturated heterocycles. The van der Waals surface area contributed by atoms with E-state index in [0.29, 0.717) is 11.1 Å². The van der Waals surface area contributed by atoms with Crippen LogP contribution in [0.15, 0.2) is 48.5 Å². The van der Waals surface area contributed by atoms with Gasteiger partial charge in [0.25, 0.3) is 0 Å².